The molecule has 3 aromatic rings. The lowest BCUT2D eigenvalue weighted by atomic mass is 10.1. The van der Waals surface area contributed by atoms with Crippen molar-refractivity contribution in [3.05, 3.63) is 77.9 Å². The van der Waals surface area contributed by atoms with Gasteiger partial charge >= 0.3 is 0 Å². The molecule has 0 fully saturated rings. The Hall–Kier alpha value is -3.45. The predicted octanol–water partition coefficient (Wildman–Crippen LogP) is 4.64. The Kier molecular flexibility index (Phi) is 5.39. The monoisotopic (exact) mass is 406 g/mol. The van der Waals surface area contributed by atoms with E-state index in [9.17, 15) is 9.59 Å². The number of benzene rings is 3. The van der Waals surface area contributed by atoms with Gasteiger partial charge in [-0.05, 0) is 54.8 Å². The van der Waals surface area contributed by atoms with E-state index in [1.54, 1.807) is 66.4 Å². The molecule has 1 heterocycles. The van der Waals surface area contributed by atoms with Crippen molar-refractivity contribution in [1.29, 1.82) is 0 Å². The van der Waals surface area contributed by atoms with Crippen LogP contribution in [0.5, 0.6) is 11.5 Å². The minimum Gasteiger partial charge on any atom is -0.454 e. The summed E-state index contributed by atoms with van der Waals surface area (Å²) in [5.74, 6) is 0.611. The van der Waals surface area contributed by atoms with Crippen LogP contribution >= 0.6 is 11.8 Å². The summed E-state index contributed by atoms with van der Waals surface area (Å²) in [4.78, 5) is 26.5. The van der Waals surface area contributed by atoms with Gasteiger partial charge in [-0.25, -0.2) is 0 Å². The van der Waals surface area contributed by atoms with Gasteiger partial charge in [0, 0.05) is 22.2 Å². The summed E-state index contributed by atoms with van der Waals surface area (Å²) in [6.45, 7) is 0.166. The number of hydrogen-bond acceptors (Lipinski definition) is 5. The molecule has 2 N–H and O–H groups in total. The van der Waals surface area contributed by atoms with Crippen LogP contribution in [0.2, 0.25) is 0 Å². The van der Waals surface area contributed by atoms with Crippen molar-refractivity contribution in [2.45, 2.75) is 4.90 Å². The number of hydrogen-bond donors (Lipinski definition) is 2. The first-order valence-corrected chi connectivity index (χ1v) is 10.1. The minimum atomic E-state index is -0.336. The fourth-order valence-corrected chi connectivity index (χ4v) is 3.31. The van der Waals surface area contributed by atoms with Gasteiger partial charge in [-0.2, -0.15) is 0 Å². The summed E-state index contributed by atoms with van der Waals surface area (Å²) in [5, 5.41) is 5.65. The minimum absolute atomic E-state index is 0.166. The summed E-state index contributed by atoms with van der Waals surface area (Å²) < 4.78 is 10.6. The van der Waals surface area contributed by atoms with Crippen LogP contribution in [-0.4, -0.2) is 24.9 Å². The summed E-state index contributed by atoms with van der Waals surface area (Å²) in [6.07, 6.45) is 1.98. The van der Waals surface area contributed by atoms with Crippen LogP contribution in [0.3, 0.4) is 0 Å². The number of carbonyl (C=O) groups excluding carboxylic acids is 2. The molecule has 4 rings (SSSR count). The van der Waals surface area contributed by atoms with E-state index in [0.717, 1.165) is 4.90 Å². The van der Waals surface area contributed by atoms with Gasteiger partial charge in [0.1, 0.15) is 0 Å². The first kappa shape index (κ1) is 18.9. The van der Waals surface area contributed by atoms with Gasteiger partial charge in [-0.1, -0.05) is 12.1 Å². The van der Waals surface area contributed by atoms with E-state index in [4.69, 9.17) is 9.47 Å². The zero-order chi connectivity index (χ0) is 20.2. The molecule has 0 radical (unpaired) electrons. The lowest BCUT2D eigenvalue weighted by Crippen LogP contribution is -2.18. The summed E-state index contributed by atoms with van der Waals surface area (Å²) >= 11 is 1.61. The van der Waals surface area contributed by atoms with Crippen molar-refractivity contribution >= 4 is 35.0 Å². The molecule has 7 heteroatoms. The fourth-order valence-electron chi connectivity index (χ4n) is 2.90. The largest absolute Gasteiger partial charge is 0.454 e. The maximum atomic E-state index is 12.8. The van der Waals surface area contributed by atoms with Crippen molar-refractivity contribution in [2.24, 2.45) is 0 Å². The van der Waals surface area contributed by atoms with Crippen molar-refractivity contribution in [2.75, 3.05) is 23.7 Å². The van der Waals surface area contributed by atoms with Gasteiger partial charge in [0.15, 0.2) is 11.5 Å². The second-order valence-corrected chi connectivity index (χ2v) is 7.13. The molecule has 0 saturated heterocycles. The average molecular weight is 406 g/mol. The van der Waals surface area contributed by atoms with E-state index < -0.39 is 0 Å². The van der Waals surface area contributed by atoms with Gasteiger partial charge in [0.25, 0.3) is 11.8 Å². The highest BCUT2D eigenvalue weighted by molar-refractivity contribution is 7.98. The second-order valence-electron chi connectivity index (χ2n) is 6.25. The number of ether oxygens (including phenoxy) is 2. The van der Waals surface area contributed by atoms with Crippen LogP contribution in [0.4, 0.5) is 11.4 Å². The molecule has 0 atom stereocenters. The lowest BCUT2D eigenvalue weighted by molar-refractivity contribution is 0.102. The number of fused-ring (bicyclic) bond motifs is 1. The molecule has 3 aromatic carbocycles. The van der Waals surface area contributed by atoms with Gasteiger partial charge in [0.05, 0.1) is 11.3 Å². The number of anilines is 2. The first-order valence-electron chi connectivity index (χ1n) is 8.89. The molecule has 0 aliphatic carbocycles. The summed E-state index contributed by atoms with van der Waals surface area (Å²) in [6, 6.07) is 19.3. The molecular weight excluding hydrogens is 388 g/mol. The van der Waals surface area contributed by atoms with Crippen molar-refractivity contribution in [3.8, 4) is 11.5 Å². The van der Waals surface area contributed by atoms with Crippen LogP contribution in [0, 0.1) is 0 Å². The van der Waals surface area contributed by atoms with E-state index in [-0.39, 0.29) is 18.6 Å². The van der Waals surface area contributed by atoms with E-state index in [1.807, 2.05) is 18.4 Å². The molecule has 29 heavy (non-hydrogen) atoms. The Morgan fingerprint density at radius 2 is 1.62 bits per heavy atom. The van der Waals surface area contributed by atoms with Gasteiger partial charge in [-0.15, -0.1) is 11.8 Å². The van der Waals surface area contributed by atoms with Crippen LogP contribution < -0.4 is 20.1 Å². The molecule has 0 unspecified atom stereocenters. The normalized spacial score (nSPS) is 11.8. The number of nitrogens with one attached hydrogen (secondary N) is 2. The standard InChI is InChI=1S/C22H18N2O4S/c1-29-16-9-6-14(7-10-16)21(25)24-18-5-3-2-4-17(18)22(26)23-15-8-11-19-20(12-15)28-13-27-19/h2-12H,13H2,1H3,(H,23,26)(H,24,25). The maximum absolute atomic E-state index is 12.8. The molecule has 6 nitrogen and oxygen atoms in total. The fraction of sp³-hybridized carbons (Fsp3) is 0.0909. The quantitative estimate of drug-likeness (QED) is 0.604. The summed E-state index contributed by atoms with van der Waals surface area (Å²) in [5.41, 5.74) is 1.89. The topological polar surface area (TPSA) is 76.7 Å². The van der Waals surface area contributed by atoms with Crippen molar-refractivity contribution in [1.82, 2.24) is 0 Å². The van der Waals surface area contributed by atoms with E-state index in [1.165, 1.54) is 0 Å². The smallest absolute Gasteiger partial charge is 0.257 e. The molecule has 0 bridgehead atoms. The van der Waals surface area contributed by atoms with E-state index in [2.05, 4.69) is 10.6 Å². The number of carbonyl (C=O) groups is 2. The first-order chi connectivity index (χ1) is 14.1. The number of thioether (sulfide) groups is 1. The van der Waals surface area contributed by atoms with Gasteiger partial charge in [0.2, 0.25) is 6.79 Å². The highest BCUT2D eigenvalue weighted by Gasteiger charge is 2.17. The molecule has 2 amide bonds. The average Bonchev–Trinajstić information content (AvgIpc) is 3.22. The maximum Gasteiger partial charge on any atom is 0.257 e. The Bertz CT molecular complexity index is 1070. The Labute approximate surface area is 172 Å². The highest BCUT2D eigenvalue weighted by Crippen LogP contribution is 2.34. The van der Waals surface area contributed by atoms with Crippen molar-refractivity contribution in [3.63, 3.8) is 0 Å². The van der Waals surface area contributed by atoms with Gasteiger partial charge in [-0.3, -0.25) is 9.59 Å². The lowest BCUT2D eigenvalue weighted by Gasteiger charge is -2.12. The third-order valence-corrected chi connectivity index (χ3v) is 5.15. The molecule has 0 aromatic heterocycles. The number of para-hydroxylation sites is 1. The molecular formula is C22H18N2O4S. The zero-order valence-electron chi connectivity index (χ0n) is 15.6. The molecule has 1 aliphatic rings. The van der Waals surface area contributed by atoms with Crippen LogP contribution in [0.25, 0.3) is 0 Å². The van der Waals surface area contributed by atoms with E-state index in [0.29, 0.717) is 34.0 Å². The summed E-state index contributed by atoms with van der Waals surface area (Å²) in [7, 11) is 0. The molecule has 0 saturated carbocycles. The van der Waals surface area contributed by atoms with Gasteiger partial charge < -0.3 is 20.1 Å². The van der Waals surface area contributed by atoms with E-state index >= 15 is 0 Å². The third-order valence-electron chi connectivity index (χ3n) is 4.40. The van der Waals surface area contributed by atoms with Crippen LogP contribution in [0.15, 0.2) is 71.6 Å². The van der Waals surface area contributed by atoms with Crippen LogP contribution in [-0.2, 0) is 0 Å². The Morgan fingerprint density at radius 1 is 0.862 bits per heavy atom. The van der Waals surface area contributed by atoms with Crippen LogP contribution in [0.1, 0.15) is 20.7 Å². The molecule has 0 spiro atoms. The highest BCUT2D eigenvalue weighted by atomic mass is 32.2. The molecule has 146 valence electrons. The number of amides is 2. The van der Waals surface area contributed by atoms with Crippen molar-refractivity contribution < 1.29 is 19.1 Å². The third kappa shape index (κ3) is 4.20. The predicted molar refractivity (Wildman–Crippen MR) is 113 cm³/mol. The molecule has 1 aliphatic heterocycles. The SMILES string of the molecule is CSc1ccc(C(=O)Nc2ccccc2C(=O)Nc2ccc3c(c2)OCO3)cc1. The Balaban J connectivity index is 1.51. The zero-order valence-corrected chi connectivity index (χ0v) is 16.4. The number of rotatable bonds is 5. The Morgan fingerprint density at radius 3 is 2.41 bits per heavy atom. The second kappa shape index (κ2) is 8.28.